The van der Waals surface area contributed by atoms with Crippen LogP contribution in [0.5, 0.6) is 0 Å². The predicted octanol–water partition coefficient (Wildman–Crippen LogP) is 3.26. The second kappa shape index (κ2) is 8.27. The van der Waals surface area contributed by atoms with Gasteiger partial charge in [0.15, 0.2) is 0 Å². The first-order valence-electron chi connectivity index (χ1n) is 8.23. The molecule has 0 radical (unpaired) electrons. The fourth-order valence-electron chi connectivity index (χ4n) is 3.05. The molecule has 1 saturated heterocycles. The number of nitrogens with one attached hydrogen (secondary N) is 1. The molecule has 1 aromatic heterocycles. The maximum Gasteiger partial charge on any atom is 0.255 e. The van der Waals surface area contributed by atoms with Gasteiger partial charge in [0.05, 0.1) is 16.6 Å². The van der Waals surface area contributed by atoms with E-state index in [4.69, 9.17) is 11.6 Å². The van der Waals surface area contributed by atoms with Crippen molar-refractivity contribution in [3.63, 3.8) is 0 Å². The maximum absolute atomic E-state index is 13.9. The van der Waals surface area contributed by atoms with Gasteiger partial charge in [-0.2, -0.15) is 11.3 Å². The Labute approximate surface area is 156 Å². The first-order valence-corrected chi connectivity index (χ1v) is 9.55. The Hall–Kier alpha value is -1.47. The Morgan fingerprint density at radius 1 is 1.32 bits per heavy atom. The van der Waals surface area contributed by atoms with E-state index in [-0.39, 0.29) is 16.6 Å². The van der Waals surface area contributed by atoms with Crippen LogP contribution in [0, 0.1) is 5.82 Å². The number of nitrogens with zero attached hydrogens (tertiary/aromatic N) is 2. The van der Waals surface area contributed by atoms with Crippen molar-refractivity contribution in [2.45, 2.75) is 6.04 Å². The van der Waals surface area contributed by atoms with Crippen molar-refractivity contribution in [2.24, 2.45) is 0 Å². The standard InChI is InChI=1S/C18H21ClFN3OS/c1-22-6-8-23(9-7-22)16(13-5-10-25-12-13)11-21-18(24)17-14(19)3-2-4-15(17)20/h2-5,10,12,16H,6-9,11H2,1H3,(H,21,24). The lowest BCUT2D eigenvalue weighted by Crippen LogP contribution is -2.48. The van der Waals surface area contributed by atoms with Crippen molar-refractivity contribution in [3.05, 3.63) is 57.0 Å². The highest BCUT2D eigenvalue weighted by Gasteiger charge is 2.25. The van der Waals surface area contributed by atoms with Crippen LogP contribution in [0.2, 0.25) is 5.02 Å². The molecule has 0 spiro atoms. The van der Waals surface area contributed by atoms with E-state index < -0.39 is 11.7 Å². The van der Waals surface area contributed by atoms with Crippen LogP contribution in [0.25, 0.3) is 0 Å². The number of hydrogen-bond donors (Lipinski definition) is 1. The number of rotatable bonds is 5. The molecule has 0 saturated carbocycles. The molecule has 134 valence electrons. The number of likely N-dealkylation sites (N-methyl/N-ethyl adjacent to an activating group) is 1. The van der Waals surface area contributed by atoms with Crippen LogP contribution in [0.3, 0.4) is 0 Å². The molecule has 3 rings (SSSR count). The maximum atomic E-state index is 13.9. The van der Waals surface area contributed by atoms with Gasteiger partial charge < -0.3 is 10.2 Å². The van der Waals surface area contributed by atoms with Crippen molar-refractivity contribution in [2.75, 3.05) is 39.8 Å². The average molecular weight is 382 g/mol. The predicted molar refractivity (Wildman–Crippen MR) is 99.9 cm³/mol. The first-order chi connectivity index (χ1) is 12.1. The molecular weight excluding hydrogens is 361 g/mol. The van der Waals surface area contributed by atoms with Gasteiger partial charge in [-0.25, -0.2) is 4.39 Å². The van der Waals surface area contributed by atoms with Gasteiger partial charge in [-0.1, -0.05) is 17.7 Å². The Balaban J connectivity index is 1.72. The SMILES string of the molecule is CN1CCN(C(CNC(=O)c2c(F)cccc2Cl)c2ccsc2)CC1. The summed E-state index contributed by atoms with van der Waals surface area (Å²) >= 11 is 7.63. The lowest BCUT2D eigenvalue weighted by Gasteiger charge is -2.38. The topological polar surface area (TPSA) is 35.6 Å². The van der Waals surface area contributed by atoms with Crippen molar-refractivity contribution in [3.8, 4) is 0 Å². The third-order valence-electron chi connectivity index (χ3n) is 4.55. The summed E-state index contributed by atoms with van der Waals surface area (Å²) in [6.07, 6.45) is 0. The Kier molecular flexibility index (Phi) is 6.06. The summed E-state index contributed by atoms with van der Waals surface area (Å²) in [6, 6.07) is 6.42. The molecule has 25 heavy (non-hydrogen) atoms. The molecule has 1 fully saturated rings. The second-order valence-corrected chi connectivity index (χ2v) is 7.41. The number of halogens is 2. The van der Waals surface area contributed by atoms with Crippen molar-refractivity contribution in [1.82, 2.24) is 15.1 Å². The molecule has 1 amide bonds. The largest absolute Gasteiger partial charge is 0.350 e. The molecule has 2 aromatic rings. The van der Waals surface area contributed by atoms with Crippen LogP contribution in [0.15, 0.2) is 35.0 Å². The summed E-state index contributed by atoms with van der Waals surface area (Å²) in [5.74, 6) is -1.07. The summed E-state index contributed by atoms with van der Waals surface area (Å²) in [5, 5.41) is 7.13. The molecule has 1 unspecified atom stereocenters. The van der Waals surface area contributed by atoms with Crippen LogP contribution in [0.4, 0.5) is 4.39 Å². The average Bonchev–Trinajstić information content (AvgIpc) is 3.11. The molecule has 1 atom stereocenters. The highest BCUT2D eigenvalue weighted by molar-refractivity contribution is 7.07. The molecule has 2 heterocycles. The summed E-state index contributed by atoms with van der Waals surface area (Å²) in [4.78, 5) is 17.1. The summed E-state index contributed by atoms with van der Waals surface area (Å²) in [5.41, 5.74) is 1.08. The molecule has 1 N–H and O–H groups in total. The third-order valence-corrected chi connectivity index (χ3v) is 5.57. The van der Waals surface area contributed by atoms with Gasteiger partial charge in [0.1, 0.15) is 5.82 Å². The zero-order valence-electron chi connectivity index (χ0n) is 14.0. The molecule has 1 aliphatic rings. The highest BCUT2D eigenvalue weighted by Crippen LogP contribution is 2.24. The molecule has 7 heteroatoms. The highest BCUT2D eigenvalue weighted by atomic mass is 35.5. The molecular formula is C18H21ClFN3OS. The van der Waals surface area contributed by atoms with E-state index >= 15 is 0 Å². The normalized spacial score (nSPS) is 17.4. The summed E-state index contributed by atoms with van der Waals surface area (Å²) in [6.45, 7) is 4.28. The van der Waals surface area contributed by atoms with Gasteiger partial charge in [-0.15, -0.1) is 0 Å². The van der Waals surface area contributed by atoms with Crippen LogP contribution in [-0.2, 0) is 0 Å². The lowest BCUT2D eigenvalue weighted by atomic mass is 10.1. The van der Waals surface area contributed by atoms with Gasteiger partial charge in [0.25, 0.3) is 5.91 Å². The van der Waals surface area contributed by atoms with Gasteiger partial charge in [0, 0.05) is 32.7 Å². The lowest BCUT2D eigenvalue weighted by molar-refractivity contribution is 0.0883. The van der Waals surface area contributed by atoms with Crippen LogP contribution >= 0.6 is 22.9 Å². The Morgan fingerprint density at radius 3 is 2.72 bits per heavy atom. The molecule has 4 nitrogen and oxygen atoms in total. The van der Waals surface area contributed by atoms with E-state index in [1.54, 1.807) is 11.3 Å². The number of carbonyl (C=O) groups is 1. The van der Waals surface area contributed by atoms with E-state index in [2.05, 4.69) is 33.6 Å². The van der Waals surface area contributed by atoms with Gasteiger partial charge >= 0.3 is 0 Å². The molecule has 0 bridgehead atoms. The van der Waals surface area contributed by atoms with E-state index in [9.17, 15) is 9.18 Å². The van der Waals surface area contributed by atoms with Crippen LogP contribution in [0.1, 0.15) is 22.0 Å². The minimum atomic E-state index is -0.600. The molecule has 0 aliphatic carbocycles. The quantitative estimate of drug-likeness (QED) is 0.863. The minimum absolute atomic E-state index is 0.0782. The number of amides is 1. The van der Waals surface area contributed by atoms with Gasteiger partial charge in [-0.05, 0) is 41.6 Å². The Bertz CT molecular complexity index is 697. The first kappa shape index (κ1) is 18.3. The monoisotopic (exact) mass is 381 g/mol. The molecule has 1 aromatic carbocycles. The second-order valence-electron chi connectivity index (χ2n) is 6.22. The van der Waals surface area contributed by atoms with E-state index in [1.165, 1.54) is 23.8 Å². The fourth-order valence-corrected chi connectivity index (χ4v) is 4.00. The zero-order valence-corrected chi connectivity index (χ0v) is 15.6. The fraction of sp³-hybridized carbons (Fsp3) is 0.389. The number of benzene rings is 1. The number of carbonyl (C=O) groups excluding carboxylic acids is 1. The number of piperazine rings is 1. The summed E-state index contributed by atoms with van der Waals surface area (Å²) in [7, 11) is 2.11. The van der Waals surface area contributed by atoms with Crippen LogP contribution in [-0.4, -0.2) is 55.5 Å². The van der Waals surface area contributed by atoms with Crippen molar-refractivity contribution < 1.29 is 9.18 Å². The van der Waals surface area contributed by atoms with Crippen molar-refractivity contribution in [1.29, 1.82) is 0 Å². The smallest absolute Gasteiger partial charge is 0.255 e. The van der Waals surface area contributed by atoms with E-state index in [1.807, 2.05) is 5.38 Å². The van der Waals surface area contributed by atoms with Crippen molar-refractivity contribution >= 4 is 28.8 Å². The zero-order chi connectivity index (χ0) is 17.8. The minimum Gasteiger partial charge on any atom is -0.350 e. The van der Waals surface area contributed by atoms with Gasteiger partial charge in [0.2, 0.25) is 0 Å². The van der Waals surface area contributed by atoms with Crippen LogP contribution < -0.4 is 5.32 Å². The molecule has 1 aliphatic heterocycles. The van der Waals surface area contributed by atoms with E-state index in [0.717, 1.165) is 26.2 Å². The number of thiophene rings is 1. The summed E-state index contributed by atoms with van der Waals surface area (Å²) < 4.78 is 13.9. The van der Waals surface area contributed by atoms with E-state index in [0.29, 0.717) is 6.54 Å². The Morgan fingerprint density at radius 2 is 2.08 bits per heavy atom. The third kappa shape index (κ3) is 4.39. The number of hydrogen-bond acceptors (Lipinski definition) is 4. The van der Waals surface area contributed by atoms with Gasteiger partial charge in [-0.3, -0.25) is 9.69 Å².